The fraction of sp³-hybridized carbons (Fsp3) is 0.111. The number of anilines is 1. The van der Waals surface area contributed by atoms with E-state index in [0.29, 0.717) is 23.8 Å². The Morgan fingerprint density at radius 2 is 2.20 bits per heavy atom. The van der Waals surface area contributed by atoms with E-state index in [-0.39, 0.29) is 5.56 Å². The molecule has 0 aliphatic carbocycles. The molecule has 0 bridgehead atoms. The number of aromatic carboxylic acids is 1. The predicted molar refractivity (Wildman–Crippen MR) is 106 cm³/mol. The summed E-state index contributed by atoms with van der Waals surface area (Å²) in [6.07, 6.45) is 3.29. The Balaban J connectivity index is 2.15. The number of hydrogen-bond acceptors (Lipinski definition) is 5. The van der Waals surface area contributed by atoms with Crippen LogP contribution in [0.1, 0.15) is 15.9 Å². The van der Waals surface area contributed by atoms with Gasteiger partial charge in [0.2, 0.25) is 0 Å². The smallest absolute Gasteiger partial charge is 0.335 e. The van der Waals surface area contributed by atoms with Crippen LogP contribution in [0.25, 0.3) is 0 Å². The van der Waals surface area contributed by atoms with Gasteiger partial charge in [0.15, 0.2) is 11.5 Å². The summed E-state index contributed by atoms with van der Waals surface area (Å²) in [5.41, 5.74) is 4.41. The largest absolute Gasteiger partial charge is 0.493 e. The molecule has 2 N–H and O–H groups in total. The van der Waals surface area contributed by atoms with Crippen LogP contribution in [0, 0.1) is 3.57 Å². The third kappa shape index (κ3) is 5.21. The highest BCUT2D eigenvalue weighted by molar-refractivity contribution is 14.1. The Kier molecular flexibility index (Phi) is 6.81. The first-order valence-electron chi connectivity index (χ1n) is 7.28. The van der Waals surface area contributed by atoms with Crippen LogP contribution in [0.5, 0.6) is 11.5 Å². The van der Waals surface area contributed by atoms with Crippen molar-refractivity contribution >= 4 is 40.5 Å². The van der Waals surface area contributed by atoms with E-state index in [1.165, 1.54) is 12.1 Å². The minimum Gasteiger partial charge on any atom is -0.493 e. The Labute approximate surface area is 159 Å². The Morgan fingerprint density at radius 1 is 1.40 bits per heavy atom. The summed E-state index contributed by atoms with van der Waals surface area (Å²) >= 11 is 2.16. The normalized spacial score (nSPS) is 10.5. The van der Waals surface area contributed by atoms with Gasteiger partial charge in [-0.25, -0.2) is 4.79 Å². The van der Waals surface area contributed by atoms with Gasteiger partial charge in [-0.05, 0) is 58.5 Å². The zero-order valence-corrected chi connectivity index (χ0v) is 15.7. The number of rotatable bonds is 8. The maximum absolute atomic E-state index is 11.0. The lowest BCUT2D eigenvalue weighted by molar-refractivity contribution is 0.0697. The van der Waals surface area contributed by atoms with Crippen LogP contribution < -0.4 is 14.9 Å². The molecule has 0 saturated heterocycles. The first kappa shape index (κ1) is 18.8. The average molecular weight is 452 g/mol. The Bertz CT molecular complexity index is 806. The van der Waals surface area contributed by atoms with E-state index in [0.717, 1.165) is 9.13 Å². The predicted octanol–water partition coefficient (Wildman–Crippen LogP) is 4.01. The molecule has 2 aromatic rings. The van der Waals surface area contributed by atoms with Gasteiger partial charge in [0.25, 0.3) is 0 Å². The molecule has 0 radical (unpaired) electrons. The molecule has 0 aliphatic rings. The molecule has 2 rings (SSSR count). The first-order chi connectivity index (χ1) is 12.0. The fourth-order valence-electron chi connectivity index (χ4n) is 2.00. The third-order valence-electron chi connectivity index (χ3n) is 3.11. The van der Waals surface area contributed by atoms with Crippen LogP contribution in [0.15, 0.2) is 54.2 Å². The highest BCUT2D eigenvalue weighted by Crippen LogP contribution is 2.33. The second-order valence-electron chi connectivity index (χ2n) is 4.89. The van der Waals surface area contributed by atoms with E-state index in [4.69, 9.17) is 14.6 Å². The van der Waals surface area contributed by atoms with Crippen molar-refractivity contribution < 1.29 is 19.4 Å². The maximum atomic E-state index is 11.0. The summed E-state index contributed by atoms with van der Waals surface area (Å²) in [7, 11) is 1.57. The molecular weight excluding hydrogens is 435 g/mol. The van der Waals surface area contributed by atoms with Crippen LogP contribution in [-0.4, -0.2) is 31.0 Å². The monoisotopic (exact) mass is 452 g/mol. The molecule has 0 aromatic heterocycles. The van der Waals surface area contributed by atoms with E-state index < -0.39 is 5.97 Å². The topological polar surface area (TPSA) is 80.2 Å². The summed E-state index contributed by atoms with van der Waals surface area (Å²) in [4.78, 5) is 11.0. The molecule has 0 amide bonds. The van der Waals surface area contributed by atoms with Crippen molar-refractivity contribution in [1.82, 2.24) is 0 Å². The quantitative estimate of drug-likeness (QED) is 0.274. The van der Waals surface area contributed by atoms with Crippen LogP contribution in [0.2, 0.25) is 0 Å². The number of carboxylic acids is 1. The van der Waals surface area contributed by atoms with Crippen molar-refractivity contribution in [2.45, 2.75) is 0 Å². The molecule has 130 valence electrons. The summed E-state index contributed by atoms with van der Waals surface area (Å²) in [5.74, 6) is 0.271. The third-order valence-corrected chi connectivity index (χ3v) is 3.92. The number of hydrogen-bond donors (Lipinski definition) is 2. The van der Waals surface area contributed by atoms with Crippen molar-refractivity contribution in [2.24, 2.45) is 5.10 Å². The minimum absolute atomic E-state index is 0.195. The number of methoxy groups -OCH3 is 1. The van der Waals surface area contributed by atoms with Gasteiger partial charge in [-0.3, -0.25) is 5.43 Å². The SMILES string of the molecule is C=CCOc1c(I)cc(/C=N\Nc2cccc(C(=O)O)c2)cc1OC. The van der Waals surface area contributed by atoms with Gasteiger partial charge in [-0.2, -0.15) is 5.10 Å². The number of benzene rings is 2. The van der Waals surface area contributed by atoms with Crippen molar-refractivity contribution in [3.8, 4) is 11.5 Å². The number of halogens is 1. The van der Waals surface area contributed by atoms with E-state index in [2.05, 4.69) is 39.7 Å². The molecule has 0 heterocycles. The number of hydrazone groups is 1. The van der Waals surface area contributed by atoms with Crippen molar-refractivity contribution in [3.05, 3.63) is 63.8 Å². The van der Waals surface area contributed by atoms with Crippen LogP contribution in [-0.2, 0) is 0 Å². The van der Waals surface area contributed by atoms with E-state index in [1.54, 1.807) is 37.6 Å². The summed E-state index contributed by atoms with van der Waals surface area (Å²) in [6, 6.07) is 10.1. The minimum atomic E-state index is -0.984. The van der Waals surface area contributed by atoms with Gasteiger partial charge < -0.3 is 14.6 Å². The number of carboxylic acid groups (broad SMARTS) is 1. The van der Waals surface area contributed by atoms with Crippen LogP contribution >= 0.6 is 22.6 Å². The van der Waals surface area contributed by atoms with E-state index in [9.17, 15) is 4.79 Å². The Morgan fingerprint density at radius 3 is 2.88 bits per heavy atom. The molecule has 0 atom stereocenters. The number of ether oxygens (including phenoxy) is 2. The molecular formula is C18H17IN2O4. The molecule has 0 aliphatic heterocycles. The van der Waals surface area contributed by atoms with E-state index >= 15 is 0 Å². The van der Waals surface area contributed by atoms with Crippen molar-refractivity contribution in [2.75, 3.05) is 19.1 Å². The molecule has 0 spiro atoms. The van der Waals surface area contributed by atoms with Gasteiger partial charge in [0.05, 0.1) is 28.1 Å². The number of nitrogens with zero attached hydrogens (tertiary/aromatic N) is 1. The second kappa shape index (κ2) is 9.07. The molecule has 25 heavy (non-hydrogen) atoms. The molecule has 0 unspecified atom stereocenters. The second-order valence-corrected chi connectivity index (χ2v) is 6.05. The summed E-state index contributed by atoms with van der Waals surface area (Å²) < 4.78 is 11.8. The van der Waals surface area contributed by atoms with Crippen LogP contribution in [0.3, 0.4) is 0 Å². The fourth-order valence-corrected chi connectivity index (χ4v) is 2.78. The van der Waals surface area contributed by atoms with E-state index in [1.807, 2.05) is 6.07 Å². The standard InChI is InChI=1S/C18H17IN2O4/c1-3-7-25-17-15(19)8-12(9-16(17)24-2)11-20-21-14-6-4-5-13(10-14)18(22)23/h3-6,8-11,21H,1,7H2,2H3,(H,22,23)/b20-11-. The lowest BCUT2D eigenvalue weighted by atomic mass is 10.2. The van der Waals surface area contributed by atoms with Gasteiger partial charge in [0, 0.05) is 0 Å². The van der Waals surface area contributed by atoms with Crippen LogP contribution in [0.4, 0.5) is 5.69 Å². The number of carbonyl (C=O) groups is 1. The summed E-state index contributed by atoms with van der Waals surface area (Å²) in [6.45, 7) is 4.02. The molecule has 2 aromatic carbocycles. The molecule has 7 heteroatoms. The molecule has 0 fully saturated rings. The van der Waals surface area contributed by atoms with Gasteiger partial charge in [0.1, 0.15) is 6.61 Å². The van der Waals surface area contributed by atoms with Gasteiger partial charge in [-0.15, -0.1) is 0 Å². The molecule has 0 saturated carbocycles. The van der Waals surface area contributed by atoms with Gasteiger partial charge in [-0.1, -0.05) is 18.7 Å². The maximum Gasteiger partial charge on any atom is 0.335 e. The highest BCUT2D eigenvalue weighted by Gasteiger charge is 2.10. The zero-order valence-electron chi connectivity index (χ0n) is 13.5. The lowest BCUT2D eigenvalue weighted by Gasteiger charge is -2.12. The highest BCUT2D eigenvalue weighted by atomic mass is 127. The summed E-state index contributed by atoms with van der Waals surface area (Å²) in [5, 5.41) is 13.1. The number of nitrogens with one attached hydrogen (secondary N) is 1. The van der Waals surface area contributed by atoms with Crippen molar-refractivity contribution in [1.29, 1.82) is 0 Å². The zero-order chi connectivity index (χ0) is 18.2. The lowest BCUT2D eigenvalue weighted by Crippen LogP contribution is -2.00. The first-order valence-corrected chi connectivity index (χ1v) is 8.36. The van der Waals surface area contributed by atoms with Gasteiger partial charge >= 0.3 is 5.97 Å². The molecule has 6 nitrogen and oxygen atoms in total. The average Bonchev–Trinajstić information content (AvgIpc) is 2.60. The van der Waals surface area contributed by atoms with Crippen molar-refractivity contribution in [3.63, 3.8) is 0 Å². The Hall–Kier alpha value is -2.55.